The number of amides is 1. The fraction of sp³-hybridized carbons (Fsp3) is 0.208. The first-order chi connectivity index (χ1) is 14.2. The Morgan fingerprint density at radius 3 is 2.00 bits per heavy atom. The van der Waals surface area contributed by atoms with Gasteiger partial charge in [-0.05, 0) is 74.0 Å². The van der Waals surface area contributed by atoms with E-state index >= 15 is 0 Å². The van der Waals surface area contributed by atoms with E-state index in [1.54, 1.807) is 0 Å². The van der Waals surface area contributed by atoms with E-state index in [2.05, 4.69) is 5.32 Å². The summed E-state index contributed by atoms with van der Waals surface area (Å²) in [5.74, 6) is 3.04. The van der Waals surface area contributed by atoms with Crippen LogP contribution in [0.4, 0.5) is 5.69 Å². The molecular weight excluding hydrogens is 366 g/mol. The van der Waals surface area contributed by atoms with Crippen LogP contribution in [0.1, 0.15) is 19.8 Å². The van der Waals surface area contributed by atoms with Crippen molar-refractivity contribution in [2.24, 2.45) is 0 Å². The fourth-order valence-corrected chi connectivity index (χ4v) is 2.68. The van der Waals surface area contributed by atoms with Crippen LogP contribution in [0.3, 0.4) is 0 Å². The van der Waals surface area contributed by atoms with Gasteiger partial charge < -0.3 is 19.5 Å². The Hall–Kier alpha value is -3.47. The molecule has 0 radical (unpaired) electrons. The van der Waals surface area contributed by atoms with Gasteiger partial charge in [0.25, 0.3) is 0 Å². The van der Waals surface area contributed by atoms with Gasteiger partial charge in [0.05, 0.1) is 13.2 Å². The summed E-state index contributed by atoms with van der Waals surface area (Å²) in [4.78, 5) is 12.1. The van der Waals surface area contributed by atoms with Crippen LogP contribution in [-0.4, -0.2) is 19.1 Å². The lowest BCUT2D eigenvalue weighted by atomic mass is 10.2. The lowest BCUT2D eigenvalue weighted by molar-refractivity contribution is -0.116. The molecule has 0 aliphatic heterocycles. The maximum Gasteiger partial charge on any atom is 0.224 e. The molecule has 5 nitrogen and oxygen atoms in total. The molecule has 0 unspecified atom stereocenters. The van der Waals surface area contributed by atoms with Crippen molar-refractivity contribution in [2.75, 3.05) is 18.5 Å². The van der Waals surface area contributed by atoms with E-state index in [1.165, 1.54) is 0 Å². The number of rotatable bonds is 10. The van der Waals surface area contributed by atoms with E-state index in [-0.39, 0.29) is 5.91 Å². The van der Waals surface area contributed by atoms with Crippen LogP contribution < -0.4 is 19.5 Å². The molecule has 0 heterocycles. The molecule has 0 aliphatic carbocycles. The Balaban J connectivity index is 1.37. The molecular formula is C24H25NO4. The Kier molecular flexibility index (Phi) is 7.52. The smallest absolute Gasteiger partial charge is 0.224 e. The average molecular weight is 391 g/mol. The van der Waals surface area contributed by atoms with Gasteiger partial charge in [-0.3, -0.25) is 4.79 Å². The van der Waals surface area contributed by atoms with Gasteiger partial charge in [-0.25, -0.2) is 0 Å². The molecule has 3 rings (SSSR count). The number of hydrogen-bond acceptors (Lipinski definition) is 4. The monoisotopic (exact) mass is 391 g/mol. The molecule has 1 N–H and O–H groups in total. The minimum absolute atomic E-state index is 0.0444. The summed E-state index contributed by atoms with van der Waals surface area (Å²) in [5.41, 5.74) is 0.739. The van der Waals surface area contributed by atoms with Gasteiger partial charge in [0, 0.05) is 12.1 Å². The first-order valence-electron chi connectivity index (χ1n) is 9.71. The van der Waals surface area contributed by atoms with Crippen molar-refractivity contribution in [1.82, 2.24) is 0 Å². The second-order valence-electron chi connectivity index (χ2n) is 6.34. The minimum atomic E-state index is -0.0444. The lowest BCUT2D eigenvalue weighted by Gasteiger charge is -2.09. The fourth-order valence-electron chi connectivity index (χ4n) is 2.68. The molecule has 3 aromatic rings. The molecule has 29 heavy (non-hydrogen) atoms. The van der Waals surface area contributed by atoms with Crippen LogP contribution in [0.5, 0.6) is 23.0 Å². The Bertz CT molecular complexity index is 877. The largest absolute Gasteiger partial charge is 0.494 e. The zero-order valence-corrected chi connectivity index (χ0v) is 16.5. The van der Waals surface area contributed by atoms with Crippen LogP contribution in [0.2, 0.25) is 0 Å². The summed E-state index contributed by atoms with van der Waals surface area (Å²) >= 11 is 0. The van der Waals surface area contributed by atoms with E-state index in [9.17, 15) is 4.79 Å². The number of carbonyl (C=O) groups is 1. The van der Waals surface area contributed by atoms with Crippen LogP contribution in [0.15, 0.2) is 78.9 Å². The van der Waals surface area contributed by atoms with Gasteiger partial charge >= 0.3 is 0 Å². The van der Waals surface area contributed by atoms with Gasteiger partial charge in [-0.1, -0.05) is 18.2 Å². The van der Waals surface area contributed by atoms with Gasteiger partial charge in [0.15, 0.2) is 0 Å². The van der Waals surface area contributed by atoms with E-state index in [1.807, 2.05) is 85.8 Å². The second-order valence-corrected chi connectivity index (χ2v) is 6.34. The highest BCUT2D eigenvalue weighted by Crippen LogP contribution is 2.23. The first-order valence-corrected chi connectivity index (χ1v) is 9.71. The number of carbonyl (C=O) groups excluding carboxylic acids is 1. The molecule has 1 amide bonds. The van der Waals surface area contributed by atoms with Gasteiger partial charge in [-0.2, -0.15) is 0 Å². The maximum atomic E-state index is 12.1. The number of para-hydroxylation sites is 1. The minimum Gasteiger partial charge on any atom is -0.494 e. The molecule has 0 bridgehead atoms. The quantitative estimate of drug-likeness (QED) is 0.452. The van der Waals surface area contributed by atoms with Crippen molar-refractivity contribution in [3.05, 3.63) is 78.9 Å². The summed E-state index contributed by atoms with van der Waals surface area (Å²) in [5, 5.41) is 2.89. The van der Waals surface area contributed by atoms with E-state index in [4.69, 9.17) is 14.2 Å². The van der Waals surface area contributed by atoms with Crippen LogP contribution in [-0.2, 0) is 4.79 Å². The Morgan fingerprint density at radius 1 is 0.759 bits per heavy atom. The number of hydrogen-bond donors (Lipinski definition) is 1. The van der Waals surface area contributed by atoms with E-state index in [0.717, 1.165) is 28.7 Å². The molecule has 3 aromatic carbocycles. The summed E-state index contributed by atoms with van der Waals surface area (Å²) in [6.07, 6.45) is 1.02. The molecule has 0 saturated heterocycles. The van der Waals surface area contributed by atoms with Gasteiger partial charge in [0.1, 0.15) is 23.0 Å². The first kappa shape index (κ1) is 20.3. The van der Waals surface area contributed by atoms with Crippen molar-refractivity contribution in [3.63, 3.8) is 0 Å². The average Bonchev–Trinajstić information content (AvgIpc) is 2.75. The third kappa shape index (κ3) is 6.88. The second kappa shape index (κ2) is 10.8. The zero-order chi connectivity index (χ0) is 20.3. The number of ether oxygens (including phenoxy) is 3. The SMILES string of the molecule is CCOc1ccc(OCCCC(=O)Nc2ccc(Oc3ccccc3)cc2)cc1. The highest BCUT2D eigenvalue weighted by atomic mass is 16.5. The van der Waals surface area contributed by atoms with Crippen LogP contribution >= 0.6 is 0 Å². The normalized spacial score (nSPS) is 10.2. The maximum absolute atomic E-state index is 12.1. The summed E-state index contributed by atoms with van der Waals surface area (Å²) in [6, 6.07) is 24.4. The number of benzene rings is 3. The molecule has 150 valence electrons. The molecule has 0 atom stereocenters. The molecule has 0 spiro atoms. The number of nitrogens with one attached hydrogen (secondary N) is 1. The highest BCUT2D eigenvalue weighted by Gasteiger charge is 2.04. The Labute approximate surface area is 171 Å². The van der Waals surface area contributed by atoms with Gasteiger partial charge in [0.2, 0.25) is 5.91 Å². The highest BCUT2D eigenvalue weighted by molar-refractivity contribution is 5.90. The van der Waals surface area contributed by atoms with Gasteiger partial charge in [-0.15, -0.1) is 0 Å². The summed E-state index contributed by atoms with van der Waals surface area (Å²) in [7, 11) is 0. The molecule has 0 saturated carbocycles. The van der Waals surface area contributed by atoms with Crippen molar-refractivity contribution >= 4 is 11.6 Å². The van der Waals surface area contributed by atoms with E-state index in [0.29, 0.717) is 26.1 Å². The number of anilines is 1. The summed E-state index contributed by atoms with van der Waals surface area (Å²) < 4.78 is 16.8. The topological polar surface area (TPSA) is 56.8 Å². The van der Waals surface area contributed by atoms with Crippen LogP contribution in [0.25, 0.3) is 0 Å². The Morgan fingerprint density at radius 2 is 1.34 bits per heavy atom. The standard InChI is InChI=1S/C24H25NO4/c1-2-27-20-14-16-21(17-15-20)28-18-6-9-24(26)25-19-10-12-23(13-11-19)29-22-7-4-3-5-8-22/h3-5,7-8,10-17H,2,6,9,18H2,1H3,(H,25,26). The van der Waals surface area contributed by atoms with Crippen molar-refractivity contribution in [3.8, 4) is 23.0 Å². The van der Waals surface area contributed by atoms with Crippen molar-refractivity contribution in [2.45, 2.75) is 19.8 Å². The molecule has 0 fully saturated rings. The lowest BCUT2D eigenvalue weighted by Crippen LogP contribution is -2.12. The molecule has 0 aromatic heterocycles. The van der Waals surface area contributed by atoms with Crippen molar-refractivity contribution in [1.29, 1.82) is 0 Å². The summed E-state index contributed by atoms with van der Waals surface area (Å²) in [6.45, 7) is 3.06. The zero-order valence-electron chi connectivity index (χ0n) is 16.5. The van der Waals surface area contributed by atoms with E-state index < -0.39 is 0 Å². The molecule has 0 aliphatic rings. The molecule has 5 heteroatoms. The van der Waals surface area contributed by atoms with Crippen molar-refractivity contribution < 1.29 is 19.0 Å². The predicted molar refractivity (Wildman–Crippen MR) is 114 cm³/mol. The third-order valence-corrected chi connectivity index (χ3v) is 4.07. The third-order valence-electron chi connectivity index (χ3n) is 4.07. The van der Waals surface area contributed by atoms with Crippen LogP contribution in [0, 0.1) is 0 Å². The predicted octanol–water partition coefficient (Wildman–Crippen LogP) is 5.68.